The van der Waals surface area contributed by atoms with Gasteiger partial charge >= 0.3 is 0 Å². The van der Waals surface area contributed by atoms with Gasteiger partial charge in [0.15, 0.2) is 4.96 Å². The Morgan fingerprint density at radius 3 is 2.56 bits per heavy atom. The number of rotatable bonds is 10. The third-order valence-corrected chi connectivity index (χ3v) is 5.99. The molecule has 0 unspecified atom stereocenters. The van der Waals surface area contributed by atoms with Gasteiger partial charge in [0.2, 0.25) is 0 Å². The zero-order chi connectivity index (χ0) is 22.3. The molecule has 0 radical (unpaired) electrons. The molecule has 0 fully saturated rings. The second-order valence-corrected chi connectivity index (χ2v) is 8.31. The van der Waals surface area contributed by atoms with Crippen molar-refractivity contribution < 1.29 is 9.47 Å². The van der Waals surface area contributed by atoms with Crippen molar-refractivity contribution >= 4 is 16.3 Å². The summed E-state index contributed by atoms with van der Waals surface area (Å²) in [6.45, 7) is 5.28. The molecule has 7 heteroatoms. The molecule has 0 aliphatic rings. The fourth-order valence-electron chi connectivity index (χ4n) is 3.64. The van der Waals surface area contributed by atoms with Crippen LogP contribution in [0, 0.1) is 0 Å². The second-order valence-electron chi connectivity index (χ2n) is 7.47. The topological polar surface area (TPSA) is 56.1 Å². The Balaban J connectivity index is 1.56. The molecule has 0 amide bonds. The van der Waals surface area contributed by atoms with E-state index in [0.29, 0.717) is 24.7 Å². The first-order chi connectivity index (χ1) is 15.7. The van der Waals surface area contributed by atoms with E-state index in [4.69, 9.17) is 14.5 Å². The van der Waals surface area contributed by atoms with E-state index in [2.05, 4.69) is 17.0 Å². The number of hydrogen-bond donors (Lipinski definition) is 0. The van der Waals surface area contributed by atoms with E-state index in [1.165, 1.54) is 16.9 Å². The number of fused-ring (bicyclic) bond motifs is 1. The lowest BCUT2D eigenvalue weighted by Gasteiger charge is -2.22. The highest BCUT2D eigenvalue weighted by atomic mass is 32.1. The molecule has 2 heterocycles. The normalized spacial score (nSPS) is 11.3. The molecule has 0 N–H and O–H groups in total. The van der Waals surface area contributed by atoms with Crippen LogP contribution in [0.4, 0.5) is 0 Å². The van der Waals surface area contributed by atoms with Crippen LogP contribution in [-0.2, 0) is 17.8 Å². The van der Waals surface area contributed by atoms with E-state index in [-0.39, 0.29) is 5.56 Å². The largest absolute Gasteiger partial charge is 0.494 e. The number of methoxy groups -OCH3 is 1. The smallest absolute Gasteiger partial charge is 0.259 e. The number of hydrogen-bond acceptors (Lipinski definition) is 6. The van der Waals surface area contributed by atoms with Gasteiger partial charge < -0.3 is 9.47 Å². The van der Waals surface area contributed by atoms with Crippen molar-refractivity contribution in [3.63, 3.8) is 0 Å². The van der Waals surface area contributed by atoms with Crippen molar-refractivity contribution in [2.45, 2.75) is 20.0 Å². The van der Waals surface area contributed by atoms with Gasteiger partial charge in [0.25, 0.3) is 5.56 Å². The highest BCUT2D eigenvalue weighted by Gasteiger charge is 2.14. The van der Waals surface area contributed by atoms with E-state index in [9.17, 15) is 4.79 Å². The van der Waals surface area contributed by atoms with Gasteiger partial charge in [-0.15, -0.1) is 11.3 Å². The fourth-order valence-corrected chi connectivity index (χ4v) is 4.56. The van der Waals surface area contributed by atoms with Crippen molar-refractivity contribution in [3.8, 4) is 17.0 Å². The lowest BCUT2D eigenvalue weighted by Crippen LogP contribution is -2.28. The van der Waals surface area contributed by atoms with Gasteiger partial charge in [-0.2, -0.15) is 0 Å². The van der Waals surface area contributed by atoms with E-state index in [0.717, 1.165) is 35.8 Å². The van der Waals surface area contributed by atoms with Crippen LogP contribution in [0.5, 0.6) is 5.75 Å². The molecule has 2 aromatic heterocycles. The Kier molecular flexibility index (Phi) is 7.32. The summed E-state index contributed by atoms with van der Waals surface area (Å²) in [5.41, 5.74) is 3.76. The van der Waals surface area contributed by atoms with E-state index >= 15 is 0 Å². The van der Waals surface area contributed by atoms with Crippen LogP contribution in [0.2, 0.25) is 0 Å². The number of aromatic nitrogens is 2. The Morgan fingerprint density at radius 2 is 1.84 bits per heavy atom. The summed E-state index contributed by atoms with van der Waals surface area (Å²) < 4.78 is 12.5. The molecule has 0 saturated heterocycles. The Hall–Kier alpha value is -3.00. The number of thiazole rings is 1. The van der Waals surface area contributed by atoms with E-state index in [1.807, 2.05) is 54.8 Å². The van der Waals surface area contributed by atoms with Gasteiger partial charge in [-0.25, -0.2) is 4.98 Å². The van der Waals surface area contributed by atoms with Crippen LogP contribution in [0.25, 0.3) is 16.2 Å². The maximum absolute atomic E-state index is 13.0. The molecular weight excluding hydrogens is 422 g/mol. The van der Waals surface area contributed by atoms with Crippen LogP contribution >= 0.6 is 11.3 Å². The Labute approximate surface area is 191 Å². The molecule has 4 rings (SSSR count). The SMILES string of the molecule is CCOc1ccc(CN(CCOC)Cc2cc(=O)n3c(-c4ccccc4)csc3n2)cc1. The molecule has 0 spiro atoms. The zero-order valence-corrected chi connectivity index (χ0v) is 19.2. The molecule has 6 nitrogen and oxygen atoms in total. The maximum atomic E-state index is 13.0. The molecule has 32 heavy (non-hydrogen) atoms. The first-order valence-electron chi connectivity index (χ1n) is 10.7. The summed E-state index contributed by atoms with van der Waals surface area (Å²) in [5, 5.41) is 1.99. The van der Waals surface area contributed by atoms with E-state index in [1.54, 1.807) is 17.6 Å². The van der Waals surface area contributed by atoms with Crippen molar-refractivity contribution in [2.75, 3.05) is 26.9 Å². The summed E-state index contributed by atoms with van der Waals surface area (Å²) >= 11 is 1.49. The van der Waals surface area contributed by atoms with Gasteiger partial charge in [-0.3, -0.25) is 14.1 Å². The fraction of sp³-hybridized carbons (Fsp3) is 0.280. The van der Waals surface area contributed by atoms with Crippen molar-refractivity contribution in [1.29, 1.82) is 0 Å². The van der Waals surface area contributed by atoms with Gasteiger partial charge in [-0.05, 0) is 30.2 Å². The Morgan fingerprint density at radius 1 is 1.06 bits per heavy atom. The third-order valence-electron chi connectivity index (χ3n) is 5.17. The summed E-state index contributed by atoms with van der Waals surface area (Å²) in [6.07, 6.45) is 0. The minimum absolute atomic E-state index is 0.0575. The number of nitrogens with zero attached hydrogens (tertiary/aromatic N) is 3. The maximum Gasteiger partial charge on any atom is 0.259 e. The summed E-state index contributed by atoms with van der Waals surface area (Å²) in [7, 11) is 1.70. The molecular formula is C25H27N3O3S. The van der Waals surface area contributed by atoms with Crippen LogP contribution in [-0.4, -0.2) is 41.2 Å². The molecule has 0 aliphatic carbocycles. The summed E-state index contributed by atoms with van der Waals surface area (Å²) in [6, 6.07) is 19.7. The van der Waals surface area contributed by atoms with Gasteiger partial charge in [0.1, 0.15) is 5.75 Å². The Bertz CT molecular complexity index is 1200. The molecule has 2 aromatic carbocycles. The zero-order valence-electron chi connectivity index (χ0n) is 18.4. The highest BCUT2D eigenvalue weighted by molar-refractivity contribution is 7.15. The second kappa shape index (κ2) is 10.5. The lowest BCUT2D eigenvalue weighted by molar-refractivity contribution is 0.139. The van der Waals surface area contributed by atoms with Crippen molar-refractivity contribution in [1.82, 2.24) is 14.3 Å². The van der Waals surface area contributed by atoms with Crippen molar-refractivity contribution in [2.24, 2.45) is 0 Å². The molecule has 0 aliphatic heterocycles. The first kappa shape index (κ1) is 22.2. The molecule has 166 valence electrons. The van der Waals surface area contributed by atoms with Crippen molar-refractivity contribution in [3.05, 3.63) is 87.7 Å². The minimum atomic E-state index is -0.0575. The predicted octanol–water partition coefficient (Wildman–Crippen LogP) is 4.47. The van der Waals surface area contributed by atoms with Crippen LogP contribution in [0.3, 0.4) is 0 Å². The van der Waals surface area contributed by atoms with Gasteiger partial charge in [0.05, 0.1) is 24.6 Å². The number of ether oxygens (including phenoxy) is 2. The van der Waals surface area contributed by atoms with Gasteiger partial charge in [-0.1, -0.05) is 42.5 Å². The number of benzene rings is 2. The van der Waals surface area contributed by atoms with Crippen LogP contribution in [0.15, 0.2) is 70.8 Å². The minimum Gasteiger partial charge on any atom is -0.494 e. The standard InChI is InChI=1S/C25H27N3O3S/c1-3-31-22-11-9-19(10-12-22)16-27(13-14-30-2)17-21-15-24(29)28-23(18-32-25(28)26-21)20-7-5-4-6-8-20/h4-12,15,18H,3,13-14,16-17H2,1-2H3. The van der Waals surface area contributed by atoms with Crippen LogP contribution < -0.4 is 10.3 Å². The molecule has 4 aromatic rings. The molecule has 0 bridgehead atoms. The summed E-state index contributed by atoms with van der Waals surface area (Å²) in [5.74, 6) is 0.867. The lowest BCUT2D eigenvalue weighted by atomic mass is 10.2. The van der Waals surface area contributed by atoms with E-state index < -0.39 is 0 Å². The average molecular weight is 450 g/mol. The monoisotopic (exact) mass is 449 g/mol. The summed E-state index contributed by atoms with van der Waals surface area (Å²) in [4.78, 5) is 20.7. The highest BCUT2D eigenvalue weighted by Crippen LogP contribution is 2.24. The average Bonchev–Trinajstić information content (AvgIpc) is 3.24. The third kappa shape index (κ3) is 5.24. The van der Waals surface area contributed by atoms with Gasteiger partial charge in [0, 0.05) is 38.2 Å². The quantitative estimate of drug-likeness (QED) is 0.358. The molecule has 0 atom stereocenters. The predicted molar refractivity (Wildman–Crippen MR) is 128 cm³/mol. The molecule has 0 saturated carbocycles. The first-order valence-corrected chi connectivity index (χ1v) is 11.5. The van der Waals surface area contributed by atoms with Crippen LogP contribution in [0.1, 0.15) is 18.2 Å².